The molecule has 0 radical (unpaired) electrons. The van der Waals surface area contributed by atoms with E-state index < -0.39 is 11.9 Å². The van der Waals surface area contributed by atoms with Crippen molar-refractivity contribution in [3.8, 4) is 5.75 Å². The van der Waals surface area contributed by atoms with E-state index in [9.17, 15) is 14.8 Å². The van der Waals surface area contributed by atoms with Crippen LogP contribution >= 0.6 is 11.6 Å². The summed E-state index contributed by atoms with van der Waals surface area (Å²) in [7, 11) is 0. The Morgan fingerprint density at radius 3 is 2.26 bits per heavy atom. The molecule has 0 aliphatic carbocycles. The molecule has 0 unspecified atom stereocenters. The topological polar surface area (TPSA) is 125 Å². The van der Waals surface area contributed by atoms with E-state index in [-0.39, 0.29) is 18.2 Å². The van der Waals surface area contributed by atoms with E-state index in [2.05, 4.69) is 46.2 Å². The second kappa shape index (κ2) is 13.4. The summed E-state index contributed by atoms with van der Waals surface area (Å²) in [6.45, 7) is 4.70. The minimum Gasteiger partial charge on any atom is -0.491 e. The van der Waals surface area contributed by atoms with Crippen LogP contribution in [0.3, 0.4) is 0 Å². The van der Waals surface area contributed by atoms with E-state index in [1.165, 1.54) is 11.1 Å². The molecule has 1 fully saturated rings. The molecule has 1 aliphatic rings. The van der Waals surface area contributed by atoms with Gasteiger partial charge in [0.05, 0.1) is 18.2 Å². The number of carbonyl (C=O) groups excluding carboxylic acids is 2. The van der Waals surface area contributed by atoms with Crippen LogP contribution in [0.25, 0.3) is 0 Å². The van der Waals surface area contributed by atoms with Gasteiger partial charge in [0.1, 0.15) is 12.4 Å². The number of primary amides is 2. The quantitative estimate of drug-likeness (QED) is 0.247. The van der Waals surface area contributed by atoms with Crippen LogP contribution in [0.5, 0.6) is 5.75 Å². The number of benzene rings is 3. The molecule has 0 aromatic heterocycles. The highest BCUT2D eigenvalue weighted by molar-refractivity contribution is 6.30. The lowest BCUT2D eigenvalue weighted by Gasteiger charge is -2.39. The van der Waals surface area contributed by atoms with Crippen LogP contribution in [0.2, 0.25) is 5.02 Å². The highest BCUT2D eigenvalue weighted by Gasteiger charge is 2.26. The smallest absolute Gasteiger partial charge is 0.338 e. The van der Waals surface area contributed by atoms with Gasteiger partial charge in [0.2, 0.25) is 0 Å². The van der Waals surface area contributed by atoms with Crippen LogP contribution in [0.1, 0.15) is 33.1 Å². The maximum Gasteiger partial charge on any atom is 0.338 e. The van der Waals surface area contributed by atoms with E-state index in [0.29, 0.717) is 30.4 Å². The lowest BCUT2D eigenvalue weighted by molar-refractivity contribution is -0.0382. The first-order valence-corrected chi connectivity index (χ1v) is 13.3. The Morgan fingerprint density at radius 2 is 1.62 bits per heavy atom. The van der Waals surface area contributed by atoms with E-state index in [1.807, 2.05) is 18.2 Å². The largest absolute Gasteiger partial charge is 0.491 e. The van der Waals surface area contributed by atoms with E-state index in [1.54, 1.807) is 18.2 Å². The van der Waals surface area contributed by atoms with Gasteiger partial charge in [-0.15, -0.1) is 0 Å². The molecule has 1 saturated heterocycles. The zero-order valence-electron chi connectivity index (χ0n) is 21.7. The van der Waals surface area contributed by atoms with Gasteiger partial charge < -0.3 is 16.2 Å². The molecule has 3 aromatic rings. The predicted octanol–water partition coefficient (Wildman–Crippen LogP) is 3.54. The van der Waals surface area contributed by atoms with Gasteiger partial charge in [0.15, 0.2) is 0 Å². The van der Waals surface area contributed by atoms with Crippen molar-refractivity contribution in [2.45, 2.75) is 12.5 Å². The van der Waals surface area contributed by atoms with Gasteiger partial charge in [0.25, 0.3) is 5.91 Å². The molecule has 1 aliphatic heterocycles. The average Bonchev–Trinajstić information content (AvgIpc) is 2.94. The Hall–Kier alpha value is -3.63. The lowest BCUT2D eigenvalue weighted by atomic mass is 9.96. The second-order valence-corrected chi connectivity index (χ2v) is 9.93. The maximum absolute atomic E-state index is 12.0. The molecule has 10 heteroatoms. The van der Waals surface area contributed by atoms with Crippen LogP contribution in [-0.4, -0.2) is 77.9 Å². The molecule has 5 N–H and O–H groups in total. The number of halogens is 1. The Kier molecular flexibility index (Phi) is 9.78. The number of rotatable bonds is 11. The minimum absolute atomic E-state index is 0.00284. The fraction of sp³-hybridized carbons (Fsp3) is 0.310. The summed E-state index contributed by atoms with van der Waals surface area (Å²) in [5.74, 6) is -0.196. The second-order valence-electron chi connectivity index (χ2n) is 9.50. The number of hydrogen-bond acceptors (Lipinski definition) is 6. The number of amides is 3. The zero-order valence-corrected chi connectivity index (χ0v) is 22.5. The van der Waals surface area contributed by atoms with Crippen LogP contribution < -0.4 is 16.2 Å². The number of nitrogens with zero attached hydrogens (tertiary/aromatic N) is 3. The molecule has 1 heterocycles. The van der Waals surface area contributed by atoms with Gasteiger partial charge in [0, 0.05) is 37.7 Å². The first-order valence-electron chi connectivity index (χ1n) is 12.9. The van der Waals surface area contributed by atoms with E-state index in [0.717, 1.165) is 36.8 Å². The van der Waals surface area contributed by atoms with Gasteiger partial charge >= 0.3 is 6.03 Å². The number of carbonyl (C=O) groups is 2. The fourth-order valence-corrected chi connectivity index (χ4v) is 4.95. The van der Waals surface area contributed by atoms with Crippen molar-refractivity contribution in [1.29, 1.82) is 0 Å². The van der Waals surface area contributed by atoms with Crippen molar-refractivity contribution in [3.63, 3.8) is 0 Å². The van der Waals surface area contributed by atoms with Crippen molar-refractivity contribution in [2.24, 2.45) is 11.5 Å². The van der Waals surface area contributed by atoms with Crippen molar-refractivity contribution in [3.05, 3.63) is 100 Å². The van der Waals surface area contributed by atoms with Crippen LogP contribution in [0.4, 0.5) is 4.79 Å². The monoisotopic (exact) mass is 551 g/mol. The number of ether oxygens (including phenoxy) is 1. The highest BCUT2D eigenvalue weighted by Crippen LogP contribution is 2.30. The molecule has 4 rings (SSSR count). The lowest BCUT2D eigenvalue weighted by Crippen LogP contribution is -2.48. The van der Waals surface area contributed by atoms with E-state index >= 15 is 0 Å². The molecule has 3 amide bonds. The number of nitrogens with two attached hydrogens (primary N) is 2. The minimum atomic E-state index is -0.938. The SMILES string of the molecule is NC(=O)c1cc(CCN(O)C(N)=O)ccc1OCCN1CCN([C@H](c2ccccc2)c2ccc(Cl)cc2)CC1. The van der Waals surface area contributed by atoms with E-state index in [4.69, 9.17) is 27.8 Å². The third kappa shape index (κ3) is 7.70. The summed E-state index contributed by atoms with van der Waals surface area (Å²) >= 11 is 6.15. The Labute approximate surface area is 233 Å². The van der Waals surface area contributed by atoms with Gasteiger partial charge in [-0.05, 0) is 47.4 Å². The van der Waals surface area contributed by atoms with Crippen LogP contribution in [0.15, 0.2) is 72.8 Å². The summed E-state index contributed by atoms with van der Waals surface area (Å²) in [5.41, 5.74) is 14.1. The predicted molar refractivity (Wildman–Crippen MR) is 150 cm³/mol. The molecule has 206 valence electrons. The molecule has 0 spiro atoms. The Bertz CT molecular complexity index is 1250. The third-order valence-electron chi connectivity index (χ3n) is 6.91. The van der Waals surface area contributed by atoms with Crippen LogP contribution in [-0.2, 0) is 6.42 Å². The molecule has 1 atom stereocenters. The Morgan fingerprint density at radius 1 is 0.949 bits per heavy atom. The zero-order chi connectivity index (χ0) is 27.8. The van der Waals surface area contributed by atoms with Crippen molar-refractivity contribution in [2.75, 3.05) is 45.9 Å². The Balaban J connectivity index is 1.32. The van der Waals surface area contributed by atoms with Crippen LogP contribution in [0, 0.1) is 0 Å². The summed E-state index contributed by atoms with van der Waals surface area (Å²) in [6, 6.07) is 22.9. The first kappa shape index (κ1) is 28.4. The first-order chi connectivity index (χ1) is 18.8. The summed E-state index contributed by atoms with van der Waals surface area (Å²) < 4.78 is 5.94. The molecule has 9 nitrogen and oxygen atoms in total. The molecule has 0 bridgehead atoms. The number of hydrogen-bond donors (Lipinski definition) is 3. The van der Waals surface area contributed by atoms with Gasteiger partial charge in [-0.2, -0.15) is 0 Å². The number of urea groups is 1. The normalized spacial score (nSPS) is 15.0. The molecule has 0 saturated carbocycles. The van der Waals surface area contributed by atoms with Gasteiger partial charge in [-0.1, -0.05) is 60.1 Å². The number of hydroxylamine groups is 2. The maximum atomic E-state index is 12.0. The van der Waals surface area contributed by atoms with Crippen molar-refractivity contribution < 1.29 is 19.5 Å². The van der Waals surface area contributed by atoms with Crippen molar-refractivity contribution >= 4 is 23.5 Å². The molecule has 3 aromatic carbocycles. The van der Waals surface area contributed by atoms with Crippen molar-refractivity contribution in [1.82, 2.24) is 14.9 Å². The standard InChI is InChI=1S/C29H34ClN5O4/c30-24-9-7-23(8-10-24)27(22-4-2-1-3-5-22)34-16-14-33(15-17-34)18-19-39-26-11-6-21(20-25(26)28(31)36)12-13-35(38)29(32)37/h1-11,20,27,38H,12-19H2,(H2,31,36)(H2,32,37)/t27-/m1/s1. The summed E-state index contributed by atoms with van der Waals surface area (Å²) in [5, 5.41) is 10.6. The third-order valence-corrected chi connectivity index (χ3v) is 7.17. The van der Waals surface area contributed by atoms with Gasteiger partial charge in [-0.25, -0.2) is 9.86 Å². The summed E-state index contributed by atoms with van der Waals surface area (Å²) in [4.78, 5) is 27.8. The molecular weight excluding hydrogens is 518 g/mol. The molecular formula is C29H34ClN5O4. The van der Waals surface area contributed by atoms with Gasteiger partial charge in [-0.3, -0.25) is 19.8 Å². The fourth-order valence-electron chi connectivity index (χ4n) is 4.82. The average molecular weight is 552 g/mol. The number of piperazine rings is 1. The molecule has 39 heavy (non-hydrogen) atoms. The summed E-state index contributed by atoms with van der Waals surface area (Å²) in [6.07, 6.45) is 0.310. The highest BCUT2D eigenvalue weighted by atomic mass is 35.5.